The van der Waals surface area contributed by atoms with Gasteiger partial charge in [0.15, 0.2) is 0 Å². The minimum absolute atomic E-state index is 0. The highest BCUT2D eigenvalue weighted by Gasteiger charge is 2.08. The first kappa shape index (κ1) is 13.7. The Balaban J connectivity index is 0.00000169. The highest BCUT2D eigenvalue weighted by Crippen LogP contribution is 1.94. The van der Waals surface area contributed by atoms with E-state index in [9.17, 15) is 8.42 Å². The van der Waals surface area contributed by atoms with Gasteiger partial charge in [0.2, 0.25) is 15.4 Å². The van der Waals surface area contributed by atoms with Crippen molar-refractivity contribution in [2.75, 3.05) is 5.75 Å². The van der Waals surface area contributed by atoms with Crippen LogP contribution in [0.5, 0.6) is 0 Å². The maximum atomic E-state index is 10.6. The third kappa shape index (κ3) is 4.83. The molecule has 1 rings (SSSR count). The summed E-state index contributed by atoms with van der Waals surface area (Å²) in [6.07, 6.45) is 5.56. The van der Waals surface area contributed by atoms with Crippen molar-refractivity contribution in [2.45, 2.75) is 20.0 Å². The van der Waals surface area contributed by atoms with Gasteiger partial charge in [-0.1, -0.05) is 0 Å². The van der Waals surface area contributed by atoms with Crippen molar-refractivity contribution in [1.82, 2.24) is 4.57 Å². The molecule has 0 aliphatic heterocycles. The van der Waals surface area contributed by atoms with Gasteiger partial charge in [-0.05, 0) is 6.92 Å². The van der Waals surface area contributed by atoms with Gasteiger partial charge >= 0.3 is 0 Å². The second-order valence-electron chi connectivity index (χ2n) is 2.72. The summed E-state index contributed by atoms with van der Waals surface area (Å²) in [5, 5.41) is 0. The minimum Gasteiger partial charge on any atom is -1.00 e. The Bertz CT molecular complexity index is 375. The first-order chi connectivity index (χ1) is 6.01. The van der Waals surface area contributed by atoms with Crippen molar-refractivity contribution in [1.29, 1.82) is 0 Å². The van der Waals surface area contributed by atoms with Crippen LogP contribution in [0.4, 0.5) is 0 Å². The average molecular weight is 259 g/mol. The van der Waals surface area contributed by atoms with Crippen molar-refractivity contribution < 1.29 is 25.4 Å². The van der Waals surface area contributed by atoms with Crippen LogP contribution in [-0.2, 0) is 22.1 Å². The van der Waals surface area contributed by atoms with Gasteiger partial charge in [0.1, 0.15) is 24.7 Å². The number of halogens is 2. The summed E-state index contributed by atoms with van der Waals surface area (Å²) < 4.78 is 25.0. The molecule has 0 aliphatic rings. The number of rotatable bonds is 4. The molecule has 0 unspecified atom stereocenters. The van der Waals surface area contributed by atoms with E-state index in [4.69, 9.17) is 10.7 Å². The molecule has 1 heterocycles. The Kier molecular flexibility index (Phi) is 5.48. The van der Waals surface area contributed by atoms with E-state index in [0.29, 0.717) is 6.54 Å². The maximum absolute atomic E-state index is 10.6. The highest BCUT2D eigenvalue weighted by atomic mass is 35.7. The summed E-state index contributed by atoms with van der Waals surface area (Å²) in [5.74, 6) is -0.0348. The van der Waals surface area contributed by atoms with Gasteiger partial charge in [-0.2, -0.15) is 0 Å². The Morgan fingerprint density at radius 3 is 2.57 bits per heavy atom. The molecule has 1 aromatic rings. The Morgan fingerprint density at radius 1 is 1.50 bits per heavy atom. The number of hydrogen-bond donors (Lipinski definition) is 0. The van der Waals surface area contributed by atoms with Gasteiger partial charge in [0.25, 0.3) is 0 Å². The van der Waals surface area contributed by atoms with Crippen LogP contribution in [0.1, 0.15) is 6.92 Å². The van der Waals surface area contributed by atoms with E-state index >= 15 is 0 Å². The molecule has 0 aliphatic carbocycles. The van der Waals surface area contributed by atoms with Gasteiger partial charge in [0, 0.05) is 10.7 Å². The molecule has 0 atom stereocenters. The maximum Gasteiger partial charge on any atom is 0.243 e. The zero-order chi connectivity index (χ0) is 9.90. The quantitative estimate of drug-likeness (QED) is 0.438. The number of nitrogens with zero attached hydrogens (tertiary/aromatic N) is 2. The molecule has 0 fully saturated rings. The fourth-order valence-electron chi connectivity index (χ4n) is 0.973. The zero-order valence-electron chi connectivity index (χ0n) is 7.73. The van der Waals surface area contributed by atoms with Crippen molar-refractivity contribution in [3.05, 3.63) is 18.7 Å². The van der Waals surface area contributed by atoms with Crippen LogP contribution in [0.25, 0.3) is 0 Å². The topological polar surface area (TPSA) is 43.0 Å². The normalized spacial score (nSPS) is 11.0. The third-order valence-electron chi connectivity index (χ3n) is 1.70. The molecule has 0 aromatic carbocycles. The van der Waals surface area contributed by atoms with E-state index in [0.717, 1.165) is 6.54 Å². The molecule has 0 radical (unpaired) electrons. The molecule has 0 saturated carbocycles. The van der Waals surface area contributed by atoms with Gasteiger partial charge in [-0.15, -0.1) is 0 Å². The molecular weight excluding hydrogens is 247 g/mol. The average Bonchev–Trinajstić information content (AvgIpc) is 2.47. The summed E-state index contributed by atoms with van der Waals surface area (Å²) in [7, 11) is 1.70. The van der Waals surface area contributed by atoms with Crippen LogP contribution >= 0.6 is 10.7 Å². The van der Waals surface area contributed by atoms with Gasteiger partial charge < -0.3 is 12.4 Å². The molecule has 0 N–H and O–H groups in total. The molecular formula is C7H12Cl2N2O2S. The summed E-state index contributed by atoms with van der Waals surface area (Å²) >= 11 is 0. The number of aryl methyl sites for hydroxylation is 2. The summed E-state index contributed by atoms with van der Waals surface area (Å²) in [6, 6.07) is 0. The molecule has 7 heteroatoms. The molecule has 0 amide bonds. The monoisotopic (exact) mass is 258 g/mol. The largest absolute Gasteiger partial charge is 1.00 e. The van der Waals surface area contributed by atoms with E-state index in [2.05, 4.69) is 0 Å². The Hall–Kier alpha value is -0.260. The summed E-state index contributed by atoms with van der Waals surface area (Å²) in [6.45, 7) is 3.29. The molecule has 82 valence electrons. The SMILES string of the molecule is CCn1cc[n+](CCS(=O)(=O)Cl)c1.[Cl-]. The van der Waals surface area contributed by atoms with Crippen LogP contribution in [0, 0.1) is 0 Å². The number of aromatic nitrogens is 2. The smallest absolute Gasteiger partial charge is 0.243 e. The summed E-state index contributed by atoms with van der Waals surface area (Å²) in [4.78, 5) is 0. The van der Waals surface area contributed by atoms with E-state index in [-0.39, 0.29) is 18.2 Å². The van der Waals surface area contributed by atoms with Crippen LogP contribution in [-0.4, -0.2) is 18.7 Å². The second kappa shape index (κ2) is 5.58. The third-order valence-corrected chi connectivity index (χ3v) is 2.84. The Morgan fingerprint density at radius 2 is 2.14 bits per heavy atom. The van der Waals surface area contributed by atoms with E-state index in [1.54, 1.807) is 4.57 Å². The lowest BCUT2D eigenvalue weighted by molar-refractivity contribution is -0.692. The predicted molar refractivity (Wildman–Crippen MR) is 49.9 cm³/mol. The van der Waals surface area contributed by atoms with E-state index < -0.39 is 9.05 Å². The lowest BCUT2D eigenvalue weighted by atomic mass is 10.7. The van der Waals surface area contributed by atoms with Crippen LogP contribution < -0.4 is 17.0 Å². The Labute approximate surface area is 94.3 Å². The van der Waals surface area contributed by atoms with Crippen molar-refractivity contribution >= 4 is 19.7 Å². The lowest BCUT2D eigenvalue weighted by Gasteiger charge is -1.92. The van der Waals surface area contributed by atoms with Crippen LogP contribution in [0.3, 0.4) is 0 Å². The molecule has 4 nitrogen and oxygen atoms in total. The van der Waals surface area contributed by atoms with Crippen molar-refractivity contribution in [3.8, 4) is 0 Å². The molecule has 0 bridgehead atoms. The highest BCUT2D eigenvalue weighted by molar-refractivity contribution is 8.13. The van der Waals surface area contributed by atoms with Crippen molar-refractivity contribution in [3.63, 3.8) is 0 Å². The fraction of sp³-hybridized carbons (Fsp3) is 0.571. The van der Waals surface area contributed by atoms with Crippen LogP contribution in [0.2, 0.25) is 0 Å². The molecule has 14 heavy (non-hydrogen) atoms. The summed E-state index contributed by atoms with van der Waals surface area (Å²) in [5.41, 5.74) is 0. The molecule has 0 spiro atoms. The first-order valence-electron chi connectivity index (χ1n) is 3.98. The standard InChI is InChI=1S/C7H12ClN2O2S.ClH/c1-2-9-3-4-10(7-9)5-6-13(8,11)12;/h3-4,7H,2,5-6H2,1H3;1H/q+1;/p-1. The van der Waals surface area contributed by atoms with Crippen LogP contribution in [0.15, 0.2) is 18.7 Å². The predicted octanol–water partition coefficient (Wildman–Crippen LogP) is -2.63. The van der Waals surface area contributed by atoms with E-state index in [1.165, 1.54) is 0 Å². The first-order valence-corrected chi connectivity index (χ1v) is 6.46. The minimum atomic E-state index is -3.38. The molecule has 0 saturated heterocycles. The number of imidazole rings is 1. The lowest BCUT2D eigenvalue weighted by Crippen LogP contribution is -3.00. The zero-order valence-corrected chi connectivity index (χ0v) is 10.1. The number of hydrogen-bond acceptors (Lipinski definition) is 2. The van der Waals surface area contributed by atoms with Crippen molar-refractivity contribution in [2.24, 2.45) is 0 Å². The van der Waals surface area contributed by atoms with Gasteiger partial charge in [-0.3, -0.25) is 0 Å². The van der Waals surface area contributed by atoms with Gasteiger partial charge in [-0.25, -0.2) is 17.6 Å². The van der Waals surface area contributed by atoms with Gasteiger partial charge in [0.05, 0.1) is 6.54 Å². The van der Waals surface area contributed by atoms with E-state index in [1.807, 2.05) is 30.2 Å². The fourth-order valence-corrected chi connectivity index (χ4v) is 1.61. The molecule has 1 aromatic heterocycles. The second-order valence-corrected chi connectivity index (χ2v) is 5.62.